The first-order chi connectivity index (χ1) is 9.46. The van der Waals surface area contributed by atoms with Gasteiger partial charge in [-0.2, -0.15) is 0 Å². The van der Waals surface area contributed by atoms with Gasteiger partial charge in [0.25, 0.3) is 0 Å². The van der Waals surface area contributed by atoms with E-state index in [-0.39, 0.29) is 18.4 Å². The van der Waals surface area contributed by atoms with E-state index in [1.807, 2.05) is 0 Å². The number of likely N-dealkylation sites (tertiary alicyclic amines) is 1. The molecule has 0 unspecified atom stereocenters. The van der Waals surface area contributed by atoms with Crippen LogP contribution in [0.1, 0.15) is 12.8 Å². The molecule has 5 nitrogen and oxygen atoms in total. The molecule has 114 valence electrons. The molecule has 0 spiro atoms. The lowest BCUT2D eigenvalue weighted by molar-refractivity contribution is -0.133. The van der Waals surface area contributed by atoms with Gasteiger partial charge in [0.2, 0.25) is 11.8 Å². The largest absolute Gasteiger partial charge is 0.353 e. The summed E-state index contributed by atoms with van der Waals surface area (Å²) in [5.41, 5.74) is 0. The lowest BCUT2D eigenvalue weighted by atomic mass is 10.4. The number of nitrogens with one attached hydrogen (secondary N) is 1. The van der Waals surface area contributed by atoms with E-state index in [2.05, 4.69) is 23.3 Å². The average Bonchev–Trinajstić information content (AvgIpc) is 2.77. The molecular weight excluding hydrogens is 270 g/mol. The highest BCUT2D eigenvalue weighted by molar-refractivity contribution is 6.77. The molecule has 0 atom stereocenters. The van der Waals surface area contributed by atoms with Crippen molar-refractivity contribution in [2.24, 2.45) is 0 Å². The van der Waals surface area contributed by atoms with Gasteiger partial charge in [-0.25, -0.2) is 0 Å². The van der Waals surface area contributed by atoms with Crippen LogP contribution in [0.5, 0.6) is 0 Å². The third-order valence-electron chi connectivity index (χ3n) is 4.47. The van der Waals surface area contributed by atoms with Crippen molar-refractivity contribution in [3.05, 3.63) is 0 Å². The molecule has 1 N–H and O–H groups in total. The minimum Gasteiger partial charge on any atom is -0.353 e. The molecule has 2 fully saturated rings. The number of nitrogens with zero attached hydrogens (tertiary/aromatic N) is 2. The second-order valence-electron chi connectivity index (χ2n) is 6.77. The van der Waals surface area contributed by atoms with E-state index < -0.39 is 8.07 Å². The van der Waals surface area contributed by atoms with E-state index in [0.29, 0.717) is 13.0 Å². The van der Waals surface area contributed by atoms with Crippen molar-refractivity contribution in [1.82, 2.24) is 15.1 Å². The Kier molecular flexibility index (Phi) is 5.21. The molecule has 6 heteroatoms. The number of amides is 2. The summed E-state index contributed by atoms with van der Waals surface area (Å²) in [5.74, 6) is 0.0929. The number of carbonyl (C=O) groups is 2. The fraction of sp³-hybridized carbons (Fsp3) is 0.857. The molecule has 0 aromatic heterocycles. The van der Waals surface area contributed by atoms with E-state index in [1.54, 1.807) is 4.90 Å². The van der Waals surface area contributed by atoms with Crippen LogP contribution in [-0.2, 0) is 9.59 Å². The van der Waals surface area contributed by atoms with Gasteiger partial charge >= 0.3 is 0 Å². The first-order valence-electron chi connectivity index (χ1n) is 7.73. The Bertz CT molecular complexity index is 363. The third kappa shape index (κ3) is 4.59. The highest BCUT2D eigenvalue weighted by atomic mass is 28.3. The molecule has 0 saturated carbocycles. The molecule has 2 amide bonds. The molecule has 2 rings (SSSR count). The number of hydrogen-bond acceptors (Lipinski definition) is 3. The highest BCUT2D eigenvalue weighted by Gasteiger charge is 2.27. The van der Waals surface area contributed by atoms with Crippen molar-refractivity contribution >= 4 is 19.9 Å². The molecule has 0 aliphatic carbocycles. The topological polar surface area (TPSA) is 52.7 Å². The van der Waals surface area contributed by atoms with Gasteiger partial charge in [0.05, 0.1) is 6.54 Å². The summed E-state index contributed by atoms with van der Waals surface area (Å²) in [4.78, 5) is 27.3. The van der Waals surface area contributed by atoms with Crippen molar-refractivity contribution in [2.75, 3.05) is 39.3 Å². The Balaban J connectivity index is 1.59. The Labute approximate surface area is 122 Å². The van der Waals surface area contributed by atoms with Gasteiger partial charge in [-0.05, 0) is 31.6 Å². The molecule has 2 saturated heterocycles. The molecule has 2 aliphatic heterocycles. The number of rotatable bonds is 5. The Morgan fingerprint density at radius 1 is 1.25 bits per heavy atom. The normalized spacial score (nSPS) is 23.1. The summed E-state index contributed by atoms with van der Waals surface area (Å²) in [6.07, 6.45) is 1.49. The summed E-state index contributed by atoms with van der Waals surface area (Å²) in [7, 11) is -0.899. The summed E-state index contributed by atoms with van der Waals surface area (Å²) in [6.45, 7) is 9.88. The molecule has 0 aromatic rings. The van der Waals surface area contributed by atoms with Gasteiger partial charge in [-0.3, -0.25) is 9.59 Å². The van der Waals surface area contributed by atoms with E-state index in [4.69, 9.17) is 0 Å². The fourth-order valence-electron chi connectivity index (χ4n) is 2.84. The zero-order valence-electron chi connectivity index (χ0n) is 12.8. The lowest BCUT2D eigenvalue weighted by Crippen LogP contribution is -2.46. The highest BCUT2D eigenvalue weighted by Crippen LogP contribution is 2.21. The number of hydrogen-bond donors (Lipinski definition) is 1. The Morgan fingerprint density at radius 3 is 2.55 bits per heavy atom. The second-order valence-corrected chi connectivity index (χ2v) is 12.1. The summed E-state index contributed by atoms with van der Waals surface area (Å²) < 4.78 is 0. The van der Waals surface area contributed by atoms with E-state index in [1.165, 1.54) is 25.2 Å². The van der Waals surface area contributed by atoms with Gasteiger partial charge in [0.15, 0.2) is 0 Å². The average molecular weight is 297 g/mol. The lowest BCUT2D eigenvalue weighted by Gasteiger charge is -2.35. The Hall–Kier alpha value is -0.883. The maximum Gasteiger partial charge on any atom is 0.239 e. The minimum absolute atomic E-state index is 0.0213. The molecule has 2 aliphatic rings. The van der Waals surface area contributed by atoms with Crippen molar-refractivity contribution in [3.63, 3.8) is 0 Å². The van der Waals surface area contributed by atoms with Crippen LogP contribution in [0.2, 0.25) is 25.2 Å². The quantitative estimate of drug-likeness (QED) is 0.762. The Morgan fingerprint density at radius 2 is 1.95 bits per heavy atom. The van der Waals surface area contributed by atoms with Crippen molar-refractivity contribution < 1.29 is 9.59 Å². The van der Waals surface area contributed by atoms with Crippen molar-refractivity contribution in [1.29, 1.82) is 0 Å². The maximum atomic E-state index is 11.8. The monoisotopic (exact) mass is 297 g/mol. The summed E-state index contributed by atoms with van der Waals surface area (Å²) >= 11 is 0. The van der Waals surface area contributed by atoms with Gasteiger partial charge in [0, 0.05) is 34.1 Å². The van der Waals surface area contributed by atoms with Gasteiger partial charge in [0.1, 0.15) is 0 Å². The third-order valence-corrected chi connectivity index (χ3v) is 7.62. The molecular formula is C14H27N3O2Si. The zero-order chi connectivity index (χ0) is 14.6. The van der Waals surface area contributed by atoms with Crippen LogP contribution in [0.25, 0.3) is 0 Å². The molecule has 0 bridgehead atoms. The molecule has 0 radical (unpaired) electrons. The van der Waals surface area contributed by atoms with Crippen molar-refractivity contribution in [2.45, 2.75) is 38.0 Å². The SMILES string of the molecule is C[Si]1(C)CCN(CCNC(=O)CN2CCCC2=O)CC1. The smallest absolute Gasteiger partial charge is 0.239 e. The molecule has 20 heavy (non-hydrogen) atoms. The zero-order valence-corrected chi connectivity index (χ0v) is 13.8. The first-order valence-corrected chi connectivity index (χ1v) is 11.1. The predicted molar refractivity (Wildman–Crippen MR) is 82.4 cm³/mol. The fourth-order valence-corrected chi connectivity index (χ4v) is 4.93. The minimum atomic E-state index is -0.899. The van der Waals surface area contributed by atoms with Crippen LogP contribution in [0, 0.1) is 0 Å². The second kappa shape index (κ2) is 6.71. The van der Waals surface area contributed by atoms with Crippen molar-refractivity contribution in [3.8, 4) is 0 Å². The predicted octanol–water partition coefficient (Wildman–Crippen LogP) is 0.749. The van der Waals surface area contributed by atoms with Crippen LogP contribution >= 0.6 is 0 Å². The van der Waals surface area contributed by atoms with Crippen LogP contribution in [-0.4, -0.2) is 69.0 Å². The standard InChI is InChI=1S/C14H27N3O2Si/c1-20(2)10-8-16(9-11-20)7-5-15-13(18)12-17-6-3-4-14(17)19/h3-12H2,1-2H3,(H,15,18). The number of carbonyl (C=O) groups excluding carboxylic acids is 2. The van der Waals surface area contributed by atoms with E-state index in [0.717, 1.165) is 19.5 Å². The first kappa shape index (κ1) is 15.5. The maximum absolute atomic E-state index is 11.8. The van der Waals surface area contributed by atoms with Crippen LogP contribution in [0.4, 0.5) is 0 Å². The summed E-state index contributed by atoms with van der Waals surface area (Å²) in [5, 5.41) is 2.93. The molecule has 0 aromatic carbocycles. The van der Waals surface area contributed by atoms with Crippen LogP contribution in [0.15, 0.2) is 0 Å². The van der Waals surface area contributed by atoms with E-state index >= 15 is 0 Å². The van der Waals surface area contributed by atoms with Gasteiger partial charge in [-0.1, -0.05) is 13.1 Å². The van der Waals surface area contributed by atoms with Crippen LogP contribution < -0.4 is 5.32 Å². The van der Waals surface area contributed by atoms with E-state index in [9.17, 15) is 9.59 Å². The molecule has 2 heterocycles. The van der Waals surface area contributed by atoms with Gasteiger partial charge < -0.3 is 15.1 Å². The van der Waals surface area contributed by atoms with Crippen LogP contribution in [0.3, 0.4) is 0 Å². The van der Waals surface area contributed by atoms with Gasteiger partial charge in [-0.15, -0.1) is 0 Å². The summed E-state index contributed by atoms with van der Waals surface area (Å²) in [6, 6.07) is 2.73.